The second-order valence-corrected chi connectivity index (χ2v) is 6.13. The summed E-state index contributed by atoms with van der Waals surface area (Å²) < 4.78 is 5.30. The van der Waals surface area contributed by atoms with Crippen LogP contribution in [0.4, 0.5) is 0 Å². The van der Waals surface area contributed by atoms with Crippen LogP contribution in [0.25, 0.3) is 11.4 Å². The molecule has 0 radical (unpaired) electrons. The summed E-state index contributed by atoms with van der Waals surface area (Å²) in [6, 6.07) is 5.26. The zero-order chi connectivity index (χ0) is 14.7. The van der Waals surface area contributed by atoms with Gasteiger partial charge in [0.25, 0.3) is 0 Å². The van der Waals surface area contributed by atoms with Gasteiger partial charge in [0, 0.05) is 17.0 Å². The molecular formula is C15H17Cl2N3O. The van der Waals surface area contributed by atoms with Crippen LogP contribution in [0.15, 0.2) is 22.7 Å². The van der Waals surface area contributed by atoms with Gasteiger partial charge in [-0.25, -0.2) is 0 Å². The monoisotopic (exact) mass is 325 g/mol. The van der Waals surface area contributed by atoms with Gasteiger partial charge < -0.3 is 9.42 Å². The molecule has 0 atom stereocenters. The number of benzene rings is 1. The molecule has 1 aromatic carbocycles. The van der Waals surface area contributed by atoms with Crippen LogP contribution >= 0.6 is 23.2 Å². The second kappa shape index (κ2) is 6.77. The first kappa shape index (κ1) is 14.8. The quantitative estimate of drug-likeness (QED) is 0.830. The number of nitrogens with zero attached hydrogens (tertiary/aromatic N) is 3. The van der Waals surface area contributed by atoms with Crippen molar-refractivity contribution in [1.29, 1.82) is 0 Å². The lowest BCUT2D eigenvalue weighted by Crippen LogP contribution is -2.20. The van der Waals surface area contributed by atoms with Crippen LogP contribution in [-0.2, 0) is 6.42 Å². The standard InChI is InChI=1S/C15H17Cl2N3O/c16-11-5-6-12(13(17)10-11)15-18-14(21-19-15)4-3-9-20-7-1-2-8-20/h5-6,10H,1-4,7-9H2. The zero-order valence-electron chi connectivity index (χ0n) is 11.7. The molecule has 1 aliphatic rings. The average molecular weight is 326 g/mol. The summed E-state index contributed by atoms with van der Waals surface area (Å²) in [5.74, 6) is 1.18. The molecule has 0 unspecified atom stereocenters. The van der Waals surface area contributed by atoms with Crippen molar-refractivity contribution in [3.8, 4) is 11.4 Å². The maximum Gasteiger partial charge on any atom is 0.227 e. The molecule has 0 spiro atoms. The molecule has 1 aliphatic heterocycles. The first-order valence-electron chi connectivity index (χ1n) is 7.23. The van der Waals surface area contributed by atoms with Crippen LogP contribution in [0.3, 0.4) is 0 Å². The van der Waals surface area contributed by atoms with Gasteiger partial charge in [0.15, 0.2) is 0 Å². The van der Waals surface area contributed by atoms with E-state index in [0.29, 0.717) is 21.8 Å². The molecule has 2 heterocycles. The second-order valence-electron chi connectivity index (χ2n) is 5.29. The summed E-state index contributed by atoms with van der Waals surface area (Å²) in [5, 5.41) is 5.13. The van der Waals surface area contributed by atoms with E-state index in [0.717, 1.165) is 24.9 Å². The first-order chi connectivity index (χ1) is 10.2. The van der Waals surface area contributed by atoms with Gasteiger partial charge in [-0.05, 0) is 57.1 Å². The number of aryl methyl sites for hydroxylation is 1. The highest BCUT2D eigenvalue weighted by molar-refractivity contribution is 6.36. The lowest BCUT2D eigenvalue weighted by atomic mass is 10.2. The van der Waals surface area contributed by atoms with Gasteiger partial charge in [-0.3, -0.25) is 0 Å². The van der Waals surface area contributed by atoms with E-state index in [1.54, 1.807) is 12.1 Å². The molecule has 0 bridgehead atoms. The molecule has 21 heavy (non-hydrogen) atoms. The van der Waals surface area contributed by atoms with Gasteiger partial charge in [0.05, 0.1) is 5.02 Å². The fraction of sp³-hybridized carbons (Fsp3) is 0.467. The van der Waals surface area contributed by atoms with Gasteiger partial charge in [-0.1, -0.05) is 28.4 Å². The van der Waals surface area contributed by atoms with Crippen LogP contribution in [-0.4, -0.2) is 34.7 Å². The summed E-state index contributed by atoms with van der Waals surface area (Å²) in [4.78, 5) is 6.89. The summed E-state index contributed by atoms with van der Waals surface area (Å²) >= 11 is 12.0. The van der Waals surface area contributed by atoms with E-state index >= 15 is 0 Å². The van der Waals surface area contributed by atoms with E-state index in [4.69, 9.17) is 27.7 Å². The number of halogens is 2. The van der Waals surface area contributed by atoms with E-state index in [2.05, 4.69) is 15.0 Å². The molecule has 4 nitrogen and oxygen atoms in total. The highest BCUT2D eigenvalue weighted by Gasteiger charge is 2.14. The minimum Gasteiger partial charge on any atom is -0.339 e. The Kier molecular flexibility index (Phi) is 4.78. The Labute approximate surface area is 134 Å². The summed E-state index contributed by atoms with van der Waals surface area (Å²) in [6.07, 6.45) is 4.48. The first-order valence-corrected chi connectivity index (χ1v) is 7.98. The summed E-state index contributed by atoms with van der Waals surface area (Å²) in [7, 11) is 0. The van der Waals surface area contributed by atoms with Gasteiger partial charge in [0.2, 0.25) is 11.7 Å². The van der Waals surface area contributed by atoms with E-state index in [-0.39, 0.29) is 0 Å². The molecule has 1 saturated heterocycles. The molecule has 0 amide bonds. The van der Waals surface area contributed by atoms with Crippen molar-refractivity contribution in [3.05, 3.63) is 34.1 Å². The minimum absolute atomic E-state index is 0.521. The van der Waals surface area contributed by atoms with Crippen molar-refractivity contribution in [2.45, 2.75) is 25.7 Å². The van der Waals surface area contributed by atoms with Crippen LogP contribution in [0.2, 0.25) is 10.0 Å². The van der Waals surface area contributed by atoms with Crippen LogP contribution < -0.4 is 0 Å². The number of hydrogen-bond acceptors (Lipinski definition) is 4. The van der Waals surface area contributed by atoms with Gasteiger partial charge in [-0.15, -0.1) is 0 Å². The predicted molar refractivity (Wildman–Crippen MR) is 83.7 cm³/mol. The topological polar surface area (TPSA) is 42.2 Å². The van der Waals surface area contributed by atoms with Gasteiger partial charge >= 0.3 is 0 Å². The Morgan fingerprint density at radius 3 is 2.76 bits per heavy atom. The molecule has 3 rings (SSSR count). The van der Waals surface area contributed by atoms with Crippen LogP contribution in [0, 0.1) is 0 Å². The molecule has 1 fully saturated rings. The Morgan fingerprint density at radius 1 is 1.19 bits per heavy atom. The summed E-state index contributed by atoms with van der Waals surface area (Å²) in [5.41, 5.74) is 0.746. The average Bonchev–Trinajstić information content (AvgIpc) is 3.10. The third-order valence-electron chi connectivity index (χ3n) is 3.70. The minimum atomic E-state index is 0.521. The Bertz CT molecular complexity index is 609. The maximum absolute atomic E-state index is 6.15. The molecular weight excluding hydrogens is 309 g/mol. The normalized spacial score (nSPS) is 15.7. The van der Waals surface area contributed by atoms with Crippen molar-refractivity contribution in [1.82, 2.24) is 15.0 Å². The van der Waals surface area contributed by atoms with Crippen molar-refractivity contribution < 1.29 is 4.52 Å². The zero-order valence-corrected chi connectivity index (χ0v) is 13.2. The summed E-state index contributed by atoms with van der Waals surface area (Å²) in [6.45, 7) is 3.53. The number of aromatic nitrogens is 2. The highest BCUT2D eigenvalue weighted by Crippen LogP contribution is 2.28. The molecule has 0 aliphatic carbocycles. The molecule has 2 aromatic rings. The van der Waals surface area contributed by atoms with Crippen molar-refractivity contribution >= 4 is 23.2 Å². The largest absolute Gasteiger partial charge is 0.339 e. The van der Waals surface area contributed by atoms with Crippen LogP contribution in [0.1, 0.15) is 25.2 Å². The highest BCUT2D eigenvalue weighted by atomic mass is 35.5. The van der Waals surface area contributed by atoms with E-state index in [1.807, 2.05) is 6.07 Å². The van der Waals surface area contributed by atoms with Gasteiger partial charge in [-0.2, -0.15) is 4.98 Å². The molecule has 112 valence electrons. The molecule has 0 saturated carbocycles. The lowest BCUT2D eigenvalue weighted by Gasteiger charge is -2.12. The van der Waals surface area contributed by atoms with E-state index < -0.39 is 0 Å². The third kappa shape index (κ3) is 3.76. The molecule has 1 aromatic heterocycles. The van der Waals surface area contributed by atoms with E-state index in [1.165, 1.54) is 25.9 Å². The van der Waals surface area contributed by atoms with E-state index in [9.17, 15) is 0 Å². The number of rotatable bonds is 5. The predicted octanol–water partition coefficient (Wildman–Crippen LogP) is 4.07. The van der Waals surface area contributed by atoms with Gasteiger partial charge in [0.1, 0.15) is 0 Å². The fourth-order valence-corrected chi connectivity index (χ4v) is 3.09. The Balaban J connectivity index is 1.60. The molecule has 6 heteroatoms. The maximum atomic E-state index is 6.15. The third-order valence-corrected chi connectivity index (χ3v) is 4.25. The number of likely N-dealkylation sites (tertiary alicyclic amines) is 1. The lowest BCUT2D eigenvalue weighted by molar-refractivity contribution is 0.319. The van der Waals surface area contributed by atoms with Crippen LogP contribution in [0.5, 0.6) is 0 Å². The number of hydrogen-bond donors (Lipinski definition) is 0. The molecule has 0 N–H and O–H groups in total. The fourth-order valence-electron chi connectivity index (χ4n) is 2.60. The van der Waals surface area contributed by atoms with Crippen molar-refractivity contribution in [3.63, 3.8) is 0 Å². The van der Waals surface area contributed by atoms with Crippen molar-refractivity contribution in [2.75, 3.05) is 19.6 Å². The van der Waals surface area contributed by atoms with Crippen molar-refractivity contribution in [2.24, 2.45) is 0 Å². The Morgan fingerprint density at radius 2 is 2.00 bits per heavy atom. The smallest absolute Gasteiger partial charge is 0.227 e. The SMILES string of the molecule is Clc1ccc(-c2noc(CCCN3CCCC3)n2)c(Cl)c1. The Hall–Kier alpha value is -1.10.